The average Bonchev–Trinajstić information content (AvgIpc) is 2.04. The molecule has 3 heteroatoms. The van der Waals surface area contributed by atoms with E-state index in [-0.39, 0.29) is 5.60 Å². The Bertz CT molecular complexity index is 147. The Kier molecular flexibility index (Phi) is 2.35. The topological polar surface area (TPSA) is 21.7 Å². The van der Waals surface area contributed by atoms with Crippen molar-refractivity contribution in [1.82, 2.24) is 4.90 Å². The van der Waals surface area contributed by atoms with E-state index in [4.69, 9.17) is 9.47 Å². The van der Waals surface area contributed by atoms with Gasteiger partial charge in [-0.05, 0) is 13.0 Å². The molecule has 0 saturated carbocycles. The standard InChI is InChI=1S/C9H17NO2/c1-2-3-10-6-9(7-10)8-11-4-5-12-9/h2-8H2,1H3. The highest BCUT2D eigenvalue weighted by Gasteiger charge is 2.45. The van der Waals surface area contributed by atoms with Gasteiger partial charge < -0.3 is 9.47 Å². The van der Waals surface area contributed by atoms with E-state index in [9.17, 15) is 0 Å². The molecule has 2 heterocycles. The van der Waals surface area contributed by atoms with Gasteiger partial charge in [0.05, 0.1) is 19.8 Å². The molecular weight excluding hydrogens is 154 g/mol. The highest BCUT2D eigenvalue weighted by atomic mass is 16.6. The summed E-state index contributed by atoms with van der Waals surface area (Å²) < 4.78 is 11.1. The molecule has 2 fully saturated rings. The van der Waals surface area contributed by atoms with Crippen LogP contribution in [0.2, 0.25) is 0 Å². The molecule has 0 radical (unpaired) electrons. The van der Waals surface area contributed by atoms with Crippen molar-refractivity contribution in [2.45, 2.75) is 18.9 Å². The molecule has 0 unspecified atom stereocenters. The zero-order valence-electron chi connectivity index (χ0n) is 7.71. The lowest BCUT2D eigenvalue weighted by Crippen LogP contribution is -2.67. The van der Waals surface area contributed by atoms with E-state index in [2.05, 4.69) is 11.8 Å². The minimum atomic E-state index is 0.0768. The number of nitrogens with zero attached hydrogens (tertiary/aromatic N) is 1. The van der Waals surface area contributed by atoms with Crippen LogP contribution in [0.5, 0.6) is 0 Å². The molecule has 70 valence electrons. The highest BCUT2D eigenvalue weighted by Crippen LogP contribution is 2.27. The minimum Gasteiger partial charge on any atom is -0.376 e. The Morgan fingerprint density at radius 2 is 2.17 bits per heavy atom. The van der Waals surface area contributed by atoms with Crippen molar-refractivity contribution in [1.29, 1.82) is 0 Å². The van der Waals surface area contributed by atoms with Gasteiger partial charge in [0.1, 0.15) is 5.60 Å². The maximum absolute atomic E-state index is 5.71. The number of ether oxygens (including phenoxy) is 2. The Morgan fingerprint density at radius 3 is 2.75 bits per heavy atom. The molecule has 0 N–H and O–H groups in total. The van der Waals surface area contributed by atoms with Gasteiger partial charge in [-0.15, -0.1) is 0 Å². The van der Waals surface area contributed by atoms with E-state index in [1.54, 1.807) is 0 Å². The third kappa shape index (κ3) is 1.49. The van der Waals surface area contributed by atoms with Crippen LogP contribution in [0.25, 0.3) is 0 Å². The van der Waals surface area contributed by atoms with E-state index >= 15 is 0 Å². The molecule has 0 aromatic rings. The summed E-state index contributed by atoms with van der Waals surface area (Å²) >= 11 is 0. The Balaban J connectivity index is 1.77. The second-order valence-electron chi connectivity index (χ2n) is 3.79. The van der Waals surface area contributed by atoms with Crippen molar-refractivity contribution in [2.75, 3.05) is 39.5 Å². The normalized spacial score (nSPS) is 28.8. The van der Waals surface area contributed by atoms with Gasteiger partial charge in [-0.1, -0.05) is 6.92 Å². The molecule has 2 rings (SSSR count). The Labute approximate surface area is 73.6 Å². The molecule has 0 aliphatic carbocycles. The van der Waals surface area contributed by atoms with Gasteiger partial charge in [-0.2, -0.15) is 0 Å². The monoisotopic (exact) mass is 171 g/mol. The first-order valence-corrected chi connectivity index (χ1v) is 4.79. The fourth-order valence-corrected chi connectivity index (χ4v) is 2.04. The lowest BCUT2D eigenvalue weighted by Gasteiger charge is -2.51. The lowest BCUT2D eigenvalue weighted by atomic mass is 9.94. The first-order chi connectivity index (χ1) is 5.85. The molecule has 12 heavy (non-hydrogen) atoms. The van der Waals surface area contributed by atoms with Crippen LogP contribution < -0.4 is 0 Å². The number of hydrogen-bond acceptors (Lipinski definition) is 3. The van der Waals surface area contributed by atoms with Gasteiger partial charge in [0.25, 0.3) is 0 Å². The molecular formula is C9H17NO2. The molecule has 3 nitrogen and oxygen atoms in total. The van der Waals surface area contributed by atoms with Crippen LogP contribution in [0, 0.1) is 0 Å². The number of rotatable bonds is 2. The summed E-state index contributed by atoms with van der Waals surface area (Å²) in [5, 5.41) is 0. The third-order valence-electron chi connectivity index (χ3n) is 2.56. The molecule has 0 aromatic heterocycles. The van der Waals surface area contributed by atoms with Crippen LogP contribution in [-0.4, -0.2) is 50.0 Å². The van der Waals surface area contributed by atoms with Crippen molar-refractivity contribution in [3.05, 3.63) is 0 Å². The summed E-state index contributed by atoms with van der Waals surface area (Å²) in [5.41, 5.74) is 0.0768. The van der Waals surface area contributed by atoms with Gasteiger partial charge in [0, 0.05) is 13.1 Å². The first kappa shape index (κ1) is 8.48. The van der Waals surface area contributed by atoms with Crippen molar-refractivity contribution in [2.24, 2.45) is 0 Å². The lowest BCUT2D eigenvalue weighted by molar-refractivity contribution is -0.216. The molecule has 0 amide bonds. The molecule has 0 bridgehead atoms. The molecule has 1 spiro atoms. The van der Waals surface area contributed by atoms with Gasteiger partial charge in [-0.3, -0.25) is 4.90 Å². The molecule has 0 aromatic carbocycles. The van der Waals surface area contributed by atoms with Gasteiger partial charge in [-0.25, -0.2) is 0 Å². The summed E-state index contributed by atoms with van der Waals surface area (Å²) in [6.07, 6.45) is 1.23. The fourth-order valence-electron chi connectivity index (χ4n) is 2.04. The van der Waals surface area contributed by atoms with Crippen molar-refractivity contribution in [3.8, 4) is 0 Å². The van der Waals surface area contributed by atoms with Crippen LogP contribution in [0.15, 0.2) is 0 Å². The van der Waals surface area contributed by atoms with Crippen LogP contribution in [0.3, 0.4) is 0 Å². The van der Waals surface area contributed by atoms with Crippen LogP contribution in [0.4, 0.5) is 0 Å². The molecule has 2 saturated heterocycles. The average molecular weight is 171 g/mol. The van der Waals surface area contributed by atoms with E-state index in [0.29, 0.717) is 0 Å². The summed E-state index contributed by atoms with van der Waals surface area (Å²) in [6, 6.07) is 0. The predicted octanol–water partition coefficient (Wildman–Crippen LogP) is 0.498. The molecule has 2 aliphatic rings. The van der Waals surface area contributed by atoms with Crippen molar-refractivity contribution < 1.29 is 9.47 Å². The van der Waals surface area contributed by atoms with Gasteiger partial charge in [0.15, 0.2) is 0 Å². The third-order valence-corrected chi connectivity index (χ3v) is 2.56. The zero-order chi connectivity index (χ0) is 8.44. The quantitative estimate of drug-likeness (QED) is 0.604. The SMILES string of the molecule is CCCN1CC2(COCCO2)C1. The maximum atomic E-state index is 5.71. The summed E-state index contributed by atoms with van der Waals surface area (Å²) in [5.74, 6) is 0. The number of hydrogen-bond donors (Lipinski definition) is 0. The predicted molar refractivity (Wildman–Crippen MR) is 46.2 cm³/mol. The van der Waals surface area contributed by atoms with Crippen LogP contribution in [-0.2, 0) is 9.47 Å². The second kappa shape index (κ2) is 3.32. The van der Waals surface area contributed by atoms with E-state index in [1.807, 2.05) is 0 Å². The van der Waals surface area contributed by atoms with Crippen molar-refractivity contribution in [3.63, 3.8) is 0 Å². The highest BCUT2D eigenvalue weighted by molar-refractivity contribution is 4.98. The number of likely N-dealkylation sites (tertiary alicyclic amines) is 1. The molecule has 2 aliphatic heterocycles. The summed E-state index contributed by atoms with van der Waals surface area (Å²) in [6.45, 7) is 7.90. The first-order valence-electron chi connectivity index (χ1n) is 4.79. The summed E-state index contributed by atoms with van der Waals surface area (Å²) in [7, 11) is 0. The van der Waals surface area contributed by atoms with E-state index in [1.165, 1.54) is 13.0 Å². The van der Waals surface area contributed by atoms with Crippen LogP contribution >= 0.6 is 0 Å². The molecule has 0 atom stereocenters. The zero-order valence-corrected chi connectivity index (χ0v) is 7.71. The second-order valence-corrected chi connectivity index (χ2v) is 3.79. The maximum Gasteiger partial charge on any atom is 0.117 e. The summed E-state index contributed by atoms with van der Waals surface area (Å²) in [4.78, 5) is 2.43. The minimum absolute atomic E-state index is 0.0768. The largest absolute Gasteiger partial charge is 0.376 e. The van der Waals surface area contributed by atoms with E-state index < -0.39 is 0 Å². The van der Waals surface area contributed by atoms with Gasteiger partial charge >= 0.3 is 0 Å². The fraction of sp³-hybridized carbons (Fsp3) is 1.00. The van der Waals surface area contributed by atoms with Crippen LogP contribution in [0.1, 0.15) is 13.3 Å². The van der Waals surface area contributed by atoms with Gasteiger partial charge in [0.2, 0.25) is 0 Å². The van der Waals surface area contributed by atoms with E-state index in [0.717, 1.165) is 32.9 Å². The van der Waals surface area contributed by atoms with Crippen molar-refractivity contribution >= 4 is 0 Å². The Hall–Kier alpha value is -0.120. The smallest absolute Gasteiger partial charge is 0.117 e. The Morgan fingerprint density at radius 1 is 1.33 bits per heavy atom.